The monoisotopic (exact) mass is 315 g/mol. The van der Waals surface area contributed by atoms with E-state index in [9.17, 15) is 4.79 Å². The minimum Gasteiger partial charge on any atom is -0.341 e. The van der Waals surface area contributed by atoms with E-state index in [2.05, 4.69) is 15.7 Å². The molecule has 2 atom stereocenters. The highest BCUT2D eigenvalue weighted by atomic mass is 35.5. The second-order valence-electron chi connectivity index (χ2n) is 5.60. The standard InChI is InChI=1S/C14H21N3OS.ClH/c1-10-9-19-13(16-10)11-4-3-7-17(8-11)14(18)12-5-2-6-15-12;/h9,11-12,15H,2-8H2,1H3;1H/t11?,12-;/m0./s1. The van der Waals surface area contributed by atoms with Crippen molar-refractivity contribution in [2.24, 2.45) is 0 Å². The van der Waals surface area contributed by atoms with Gasteiger partial charge in [-0.1, -0.05) is 0 Å². The summed E-state index contributed by atoms with van der Waals surface area (Å²) in [4.78, 5) is 19.1. The van der Waals surface area contributed by atoms with Gasteiger partial charge in [0.15, 0.2) is 0 Å². The highest BCUT2D eigenvalue weighted by Crippen LogP contribution is 2.29. The summed E-state index contributed by atoms with van der Waals surface area (Å²) in [6, 6.07) is 0.0665. The number of aryl methyl sites for hydroxylation is 1. The highest BCUT2D eigenvalue weighted by Gasteiger charge is 2.31. The first-order chi connectivity index (χ1) is 9.24. The molecule has 2 aliphatic rings. The van der Waals surface area contributed by atoms with Crippen molar-refractivity contribution in [1.82, 2.24) is 15.2 Å². The Bertz CT molecular complexity index is 459. The Labute approximate surface area is 130 Å². The Hall–Kier alpha value is -0.650. The van der Waals surface area contributed by atoms with E-state index < -0.39 is 0 Å². The molecule has 6 heteroatoms. The predicted molar refractivity (Wildman–Crippen MR) is 83.7 cm³/mol. The molecule has 1 amide bonds. The fourth-order valence-corrected chi connectivity index (χ4v) is 3.98. The van der Waals surface area contributed by atoms with E-state index >= 15 is 0 Å². The number of piperidine rings is 1. The van der Waals surface area contributed by atoms with E-state index in [0.717, 1.165) is 51.0 Å². The van der Waals surface area contributed by atoms with Gasteiger partial charge in [0.25, 0.3) is 0 Å². The van der Waals surface area contributed by atoms with Crippen molar-refractivity contribution in [3.05, 3.63) is 16.1 Å². The molecular formula is C14H22ClN3OS. The van der Waals surface area contributed by atoms with Gasteiger partial charge in [-0.2, -0.15) is 0 Å². The largest absolute Gasteiger partial charge is 0.341 e. The van der Waals surface area contributed by atoms with Gasteiger partial charge < -0.3 is 10.2 Å². The molecule has 2 aliphatic heterocycles. The van der Waals surface area contributed by atoms with Crippen LogP contribution < -0.4 is 5.32 Å². The third kappa shape index (κ3) is 3.32. The van der Waals surface area contributed by atoms with Gasteiger partial charge in [-0.15, -0.1) is 23.7 Å². The van der Waals surface area contributed by atoms with E-state index in [1.54, 1.807) is 11.3 Å². The van der Waals surface area contributed by atoms with Crippen LogP contribution in [0.1, 0.15) is 42.3 Å². The molecule has 0 radical (unpaired) electrons. The molecule has 2 fully saturated rings. The number of hydrogen-bond donors (Lipinski definition) is 1. The van der Waals surface area contributed by atoms with Gasteiger partial charge in [0.1, 0.15) is 0 Å². The number of aromatic nitrogens is 1. The lowest BCUT2D eigenvalue weighted by atomic mass is 9.98. The quantitative estimate of drug-likeness (QED) is 0.911. The lowest BCUT2D eigenvalue weighted by Gasteiger charge is -2.33. The number of halogens is 1. The van der Waals surface area contributed by atoms with Crippen LogP contribution in [0.5, 0.6) is 0 Å². The van der Waals surface area contributed by atoms with E-state index in [1.165, 1.54) is 5.01 Å². The average Bonchev–Trinajstić information content (AvgIpc) is 3.09. The molecule has 0 bridgehead atoms. The predicted octanol–water partition coefficient (Wildman–Crippen LogP) is 2.33. The van der Waals surface area contributed by atoms with Crippen LogP contribution in [0.3, 0.4) is 0 Å². The first kappa shape index (κ1) is 15.7. The summed E-state index contributed by atoms with van der Waals surface area (Å²) in [7, 11) is 0. The lowest BCUT2D eigenvalue weighted by Crippen LogP contribution is -2.47. The van der Waals surface area contributed by atoms with Gasteiger partial charge in [-0.05, 0) is 39.2 Å². The smallest absolute Gasteiger partial charge is 0.239 e. The van der Waals surface area contributed by atoms with E-state index in [-0.39, 0.29) is 18.4 Å². The Kier molecular flexibility index (Phi) is 5.41. The maximum atomic E-state index is 12.4. The van der Waals surface area contributed by atoms with Crippen LogP contribution in [0.4, 0.5) is 0 Å². The second kappa shape index (κ2) is 6.87. The Balaban J connectivity index is 0.00000147. The molecule has 1 aromatic rings. The van der Waals surface area contributed by atoms with Crippen molar-refractivity contribution < 1.29 is 4.79 Å². The van der Waals surface area contributed by atoms with Crippen LogP contribution in [0.25, 0.3) is 0 Å². The topological polar surface area (TPSA) is 45.2 Å². The van der Waals surface area contributed by atoms with Crippen molar-refractivity contribution in [3.63, 3.8) is 0 Å². The fourth-order valence-electron chi connectivity index (χ4n) is 3.05. The van der Waals surface area contributed by atoms with Crippen LogP contribution in [-0.2, 0) is 4.79 Å². The molecule has 3 rings (SSSR count). The number of nitrogens with one attached hydrogen (secondary N) is 1. The molecule has 1 aromatic heterocycles. The molecule has 1 unspecified atom stereocenters. The summed E-state index contributed by atoms with van der Waals surface area (Å²) in [6.07, 6.45) is 4.38. The molecule has 20 heavy (non-hydrogen) atoms. The fraction of sp³-hybridized carbons (Fsp3) is 0.714. The average molecular weight is 316 g/mol. The summed E-state index contributed by atoms with van der Waals surface area (Å²) in [5, 5.41) is 6.62. The van der Waals surface area contributed by atoms with Gasteiger partial charge in [-0.25, -0.2) is 4.98 Å². The van der Waals surface area contributed by atoms with Gasteiger partial charge >= 0.3 is 0 Å². The summed E-state index contributed by atoms with van der Waals surface area (Å²) in [6.45, 7) is 4.79. The Morgan fingerprint density at radius 2 is 2.30 bits per heavy atom. The molecule has 3 heterocycles. The molecule has 1 N–H and O–H groups in total. The number of likely N-dealkylation sites (tertiary alicyclic amines) is 1. The highest BCUT2D eigenvalue weighted by molar-refractivity contribution is 7.09. The first-order valence-electron chi connectivity index (χ1n) is 7.18. The number of hydrogen-bond acceptors (Lipinski definition) is 4. The van der Waals surface area contributed by atoms with Crippen LogP contribution in [-0.4, -0.2) is 41.5 Å². The minimum absolute atomic E-state index is 0. The molecule has 0 spiro atoms. The zero-order valence-corrected chi connectivity index (χ0v) is 13.4. The summed E-state index contributed by atoms with van der Waals surface area (Å²) in [5.41, 5.74) is 1.10. The van der Waals surface area contributed by atoms with Crippen molar-refractivity contribution in [1.29, 1.82) is 0 Å². The molecule has 4 nitrogen and oxygen atoms in total. The van der Waals surface area contributed by atoms with Crippen LogP contribution in [0.2, 0.25) is 0 Å². The normalized spacial score (nSPS) is 26.4. The molecular weight excluding hydrogens is 294 g/mol. The van der Waals surface area contributed by atoms with Crippen molar-refractivity contribution in [3.8, 4) is 0 Å². The van der Waals surface area contributed by atoms with Crippen LogP contribution >= 0.6 is 23.7 Å². The molecule has 0 aromatic carbocycles. The zero-order chi connectivity index (χ0) is 13.2. The number of amides is 1. The number of carbonyl (C=O) groups is 1. The molecule has 2 saturated heterocycles. The third-order valence-corrected chi connectivity index (χ3v) is 5.20. The number of rotatable bonds is 2. The zero-order valence-electron chi connectivity index (χ0n) is 11.8. The number of nitrogens with zero attached hydrogens (tertiary/aromatic N) is 2. The summed E-state index contributed by atoms with van der Waals surface area (Å²) in [5.74, 6) is 0.744. The van der Waals surface area contributed by atoms with Crippen molar-refractivity contribution in [2.45, 2.75) is 44.6 Å². The summed E-state index contributed by atoms with van der Waals surface area (Å²) >= 11 is 1.74. The van der Waals surface area contributed by atoms with Gasteiger partial charge in [0.2, 0.25) is 5.91 Å². The Morgan fingerprint density at radius 1 is 1.45 bits per heavy atom. The van der Waals surface area contributed by atoms with Gasteiger partial charge in [0, 0.05) is 30.1 Å². The number of carbonyl (C=O) groups excluding carboxylic acids is 1. The minimum atomic E-state index is 0. The van der Waals surface area contributed by atoms with Crippen molar-refractivity contribution >= 4 is 29.7 Å². The second-order valence-corrected chi connectivity index (χ2v) is 6.49. The number of thiazole rings is 1. The van der Waals surface area contributed by atoms with Crippen molar-refractivity contribution in [2.75, 3.05) is 19.6 Å². The first-order valence-corrected chi connectivity index (χ1v) is 8.06. The molecule has 0 aliphatic carbocycles. The van der Waals surface area contributed by atoms with E-state index in [1.807, 2.05) is 11.8 Å². The third-order valence-electron chi connectivity index (χ3n) is 4.08. The lowest BCUT2D eigenvalue weighted by molar-refractivity contribution is -0.134. The maximum absolute atomic E-state index is 12.4. The maximum Gasteiger partial charge on any atom is 0.239 e. The van der Waals surface area contributed by atoms with Gasteiger partial charge in [0.05, 0.1) is 11.0 Å². The summed E-state index contributed by atoms with van der Waals surface area (Å²) < 4.78 is 0. The Morgan fingerprint density at radius 3 is 2.95 bits per heavy atom. The van der Waals surface area contributed by atoms with E-state index in [0.29, 0.717) is 11.8 Å². The molecule has 112 valence electrons. The molecule has 0 saturated carbocycles. The SMILES string of the molecule is Cc1csc(C2CCCN(C(=O)[C@@H]3CCCN3)C2)n1.Cl. The van der Waals surface area contributed by atoms with E-state index in [4.69, 9.17) is 0 Å². The van der Waals surface area contributed by atoms with Crippen LogP contribution in [0.15, 0.2) is 5.38 Å². The van der Waals surface area contributed by atoms with Crippen LogP contribution in [0, 0.1) is 6.92 Å². The van der Waals surface area contributed by atoms with Gasteiger partial charge in [-0.3, -0.25) is 4.79 Å².